The van der Waals surface area contributed by atoms with Crippen LogP contribution in [0.4, 0.5) is 0 Å². The van der Waals surface area contributed by atoms with Crippen molar-refractivity contribution in [1.82, 2.24) is 4.31 Å². The number of sulfonamides is 1. The summed E-state index contributed by atoms with van der Waals surface area (Å²) in [4.78, 5) is 0. The number of hydrogen-bond acceptors (Lipinski definition) is 5. The van der Waals surface area contributed by atoms with Crippen molar-refractivity contribution in [2.45, 2.75) is 12.2 Å². The summed E-state index contributed by atoms with van der Waals surface area (Å²) in [5, 5.41) is 23.9. The van der Waals surface area contributed by atoms with Crippen molar-refractivity contribution in [1.29, 1.82) is 15.8 Å². The van der Waals surface area contributed by atoms with Crippen LogP contribution in [0.1, 0.15) is 6.92 Å². The minimum Gasteiger partial charge on any atom is -0.211 e. The number of rotatable bonds is 4. The number of nitrogens with zero attached hydrogens (tertiary/aromatic N) is 4. The van der Waals surface area contributed by atoms with E-state index in [4.69, 9.17) is 15.8 Å². The first-order valence-corrected chi connectivity index (χ1v) is 5.13. The average molecular weight is 212 g/mol. The van der Waals surface area contributed by atoms with Gasteiger partial charge in [-0.05, 0) is 6.92 Å². The van der Waals surface area contributed by atoms with Crippen LogP contribution in [0.25, 0.3) is 0 Å². The Bertz CT molecular complexity index is 392. The van der Waals surface area contributed by atoms with Crippen LogP contribution < -0.4 is 0 Å². The van der Waals surface area contributed by atoms with E-state index in [-0.39, 0.29) is 0 Å². The first kappa shape index (κ1) is 12.4. The van der Waals surface area contributed by atoms with Crippen LogP contribution in [-0.2, 0) is 10.0 Å². The maximum absolute atomic E-state index is 11.4. The van der Waals surface area contributed by atoms with Gasteiger partial charge in [0.25, 0.3) is 0 Å². The summed E-state index contributed by atoms with van der Waals surface area (Å²) in [7, 11) is -3.85. The molecular weight excluding hydrogens is 204 g/mol. The lowest BCUT2D eigenvalue weighted by Crippen LogP contribution is -2.37. The highest BCUT2D eigenvalue weighted by Gasteiger charge is 2.28. The van der Waals surface area contributed by atoms with Crippen LogP contribution in [0, 0.1) is 34.0 Å². The molecule has 0 rings (SSSR count). The van der Waals surface area contributed by atoms with Gasteiger partial charge in [-0.3, -0.25) is 0 Å². The van der Waals surface area contributed by atoms with E-state index in [2.05, 4.69) is 0 Å². The third-order valence-corrected chi connectivity index (χ3v) is 3.46. The van der Waals surface area contributed by atoms with Gasteiger partial charge in [0.1, 0.15) is 13.1 Å². The van der Waals surface area contributed by atoms with E-state index in [0.717, 1.165) is 0 Å². The van der Waals surface area contributed by atoms with Gasteiger partial charge in [0, 0.05) is 0 Å². The van der Waals surface area contributed by atoms with Crippen LogP contribution in [0.2, 0.25) is 0 Å². The van der Waals surface area contributed by atoms with Crippen LogP contribution in [0.5, 0.6) is 0 Å². The van der Waals surface area contributed by atoms with Crippen molar-refractivity contribution in [3.8, 4) is 18.2 Å². The van der Waals surface area contributed by atoms with Gasteiger partial charge in [0.2, 0.25) is 10.0 Å². The van der Waals surface area contributed by atoms with Gasteiger partial charge in [0.15, 0.2) is 5.25 Å². The predicted octanol–water partition coefficient (Wildman–Crippen LogP) is -0.423. The van der Waals surface area contributed by atoms with Gasteiger partial charge in [-0.1, -0.05) is 0 Å². The summed E-state index contributed by atoms with van der Waals surface area (Å²) >= 11 is 0. The first-order valence-electron chi connectivity index (χ1n) is 3.63. The Morgan fingerprint density at radius 3 is 1.93 bits per heavy atom. The molecule has 0 aromatic heterocycles. The maximum Gasteiger partial charge on any atom is 0.232 e. The molecule has 14 heavy (non-hydrogen) atoms. The summed E-state index contributed by atoms with van der Waals surface area (Å²) in [5.74, 6) is 0. The van der Waals surface area contributed by atoms with E-state index in [1.54, 1.807) is 18.2 Å². The van der Waals surface area contributed by atoms with Gasteiger partial charge < -0.3 is 0 Å². The molecule has 0 aliphatic carbocycles. The van der Waals surface area contributed by atoms with Gasteiger partial charge in [0.05, 0.1) is 18.2 Å². The summed E-state index contributed by atoms with van der Waals surface area (Å²) in [6.45, 7) is 0.376. The molecule has 0 aromatic carbocycles. The zero-order chi connectivity index (χ0) is 11.2. The molecule has 0 saturated carbocycles. The molecule has 1 unspecified atom stereocenters. The zero-order valence-corrected chi connectivity index (χ0v) is 8.32. The van der Waals surface area contributed by atoms with Gasteiger partial charge in [-0.15, -0.1) is 0 Å². The Kier molecular flexibility index (Phi) is 4.58. The largest absolute Gasteiger partial charge is 0.232 e. The fourth-order valence-corrected chi connectivity index (χ4v) is 1.74. The smallest absolute Gasteiger partial charge is 0.211 e. The van der Waals surface area contributed by atoms with E-state index in [1.807, 2.05) is 0 Å². The molecule has 1 atom stereocenters. The molecular formula is C7H8N4O2S. The van der Waals surface area contributed by atoms with Crippen molar-refractivity contribution in [2.24, 2.45) is 0 Å². The molecule has 0 aromatic rings. The highest BCUT2D eigenvalue weighted by molar-refractivity contribution is 7.90. The molecule has 74 valence electrons. The van der Waals surface area contributed by atoms with Crippen molar-refractivity contribution in [3.63, 3.8) is 0 Å². The zero-order valence-electron chi connectivity index (χ0n) is 7.51. The summed E-state index contributed by atoms with van der Waals surface area (Å²) in [5.41, 5.74) is 0. The molecule has 0 spiro atoms. The Morgan fingerprint density at radius 1 is 1.21 bits per heavy atom. The van der Waals surface area contributed by atoms with Crippen molar-refractivity contribution in [2.75, 3.05) is 13.1 Å². The number of hydrogen-bond donors (Lipinski definition) is 0. The maximum atomic E-state index is 11.4. The predicted molar refractivity (Wildman–Crippen MR) is 46.8 cm³/mol. The summed E-state index contributed by atoms with van der Waals surface area (Å²) in [6.07, 6.45) is 0. The molecule has 0 fully saturated rings. The molecule has 0 aliphatic heterocycles. The molecule has 7 heteroatoms. The molecule has 0 N–H and O–H groups in total. The van der Waals surface area contributed by atoms with Crippen LogP contribution >= 0.6 is 0 Å². The fraction of sp³-hybridized carbons (Fsp3) is 0.571. The van der Waals surface area contributed by atoms with Crippen molar-refractivity contribution < 1.29 is 8.42 Å². The monoisotopic (exact) mass is 212 g/mol. The Labute approximate surface area is 82.6 Å². The van der Waals surface area contributed by atoms with Gasteiger partial charge in [-0.2, -0.15) is 20.1 Å². The summed E-state index contributed by atoms with van der Waals surface area (Å²) < 4.78 is 23.6. The molecule has 0 amide bonds. The van der Waals surface area contributed by atoms with Crippen LogP contribution in [0.15, 0.2) is 0 Å². The average Bonchev–Trinajstić information content (AvgIpc) is 2.16. The number of nitriles is 3. The van der Waals surface area contributed by atoms with Crippen molar-refractivity contribution in [3.05, 3.63) is 0 Å². The highest BCUT2D eigenvalue weighted by atomic mass is 32.2. The second kappa shape index (κ2) is 5.18. The third-order valence-electron chi connectivity index (χ3n) is 1.48. The third kappa shape index (κ3) is 2.70. The van der Waals surface area contributed by atoms with Gasteiger partial charge >= 0.3 is 0 Å². The second-order valence-electron chi connectivity index (χ2n) is 2.40. The minimum absolute atomic E-state index is 0.415. The first-order chi connectivity index (χ1) is 6.50. The van der Waals surface area contributed by atoms with Crippen LogP contribution in [-0.4, -0.2) is 31.1 Å². The Balaban J connectivity index is 4.96. The lowest BCUT2D eigenvalue weighted by atomic mass is 10.5. The second-order valence-corrected chi connectivity index (χ2v) is 4.65. The molecule has 6 nitrogen and oxygen atoms in total. The Morgan fingerprint density at radius 2 is 1.64 bits per heavy atom. The molecule has 0 saturated heterocycles. The minimum atomic E-state index is -3.85. The topological polar surface area (TPSA) is 109 Å². The van der Waals surface area contributed by atoms with E-state index < -0.39 is 28.4 Å². The SMILES string of the molecule is CC(C#N)S(=O)(=O)N(CC#N)CC#N. The van der Waals surface area contributed by atoms with Crippen molar-refractivity contribution >= 4 is 10.0 Å². The van der Waals surface area contributed by atoms with E-state index in [1.165, 1.54) is 6.92 Å². The molecule has 0 heterocycles. The Hall–Kier alpha value is -1.62. The summed E-state index contributed by atoms with van der Waals surface area (Å²) in [6, 6.07) is 4.80. The lowest BCUT2D eigenvalue weighted by molar-refractivity contribution is 0.475. The standard InChI is InChI=1S/C7H8N4O2S/c1-7(6-10)14(12,13)11(4-2-8)5-3-9/h7H,4-5H2,1H3. The van der Waals surface area contributed by atoms with E-state index in [0.29, 0.717) is 4.31 Å². The van der Waals surface area contributed by atoms with E-state index >= 15 is 0 Å². The molecule has 0 aliphatic rings. The van der Waals surface area contributed by atoms with Crippen LogP contribution in [0.3, 0.4) is 0 Å². The lowest BCUT2D eigenvalue weighted by Gasteiger charge is -2.16. The van der Waals surface area contributed by atoms with E-state index in [9.17, 15) is 8.42 Å². The highest BCUT2D eigenvalue weighted by Crippen LogP contribution is 2.06. The van der Waals surface area contributed by atoms with Gasteiger partial charge in [-0.25, -0.2) is 8.42 Å². The normalized spacial score (nSPS) is 12.5. The fourth-order valence-electron chi connectivity index (χ4n) is 0.684. The quantitative estimate of drug-likeness (QED) is 0.588. The molecule has 0 bridgehead atoms. The molecule has 0 radical (unpaired) electrons.